The zero-order valence-electron chi connectivity index (χ0n) is 12.3. The van der Waals surface area contributed by atoms with Crippen molar-refractivity contribution >= 4 is 27.7 Å². The van der Waals surface area contributed by atoms with Gasteiger partial charge in [-0.05, 0) is 43.1 Å². The van der Waals surface area contributed by atoms with Gasteiger partial charge in [-0.1, -0.05) is 49.5 Å². The summed E-state index contributed by atoms with van der Waals surface area (Å²) in [6.45, 7) is 7.97. The molecule has 0 aromatic heterocycles. The molecule has 0 amide bonds. The topological polar surface area (TPSA) is 12.0 Å². The summed E-state index contributed by atoms with van der Waals surface area (Å²) in [5.74, 6) is 1.95. The van der Waals surface area contributed by atoms with Crippen molar-refractivity contribution in [1.29, 1.82) is 0 Å². The van der Waals surface area contributed by atoms with E-state index in [1.54, 1.807) is 0 Å². The summed E-state index contributed by atoms with van der Waals surface area (Å²) in [6.07, 6.45) is 3.73. The second-order valence-corrected chi connectivity index (χ2v) is 6.91. The Bertz CT molecular complexity index is 335. The fraction of sp³-hybridized carbons (Fsp3) is 0.625. The quantitative estimate of drug-likeness (QED) is 0.607. The first-order chi connectivity index (χ1) is 9.21. The van der Waals surface area contributed by atoms with E-state index in [1.165, 1.54) is 24.2 Å². The maximum Gasteiger partial charge on any atom is 0.0189 e. The molecule has 1 aromatic rings. The average Bonchev–Trinajstić information content (AvgIpc) is 2.44. The molecule has 0 aliphatic carbocycles. The van der Waals surface area contributed by atoms with Crippen LogP contribution in [0.15, 0.2) is 33.6 Å². The minimum absolute atomic E-state index is 0.628. The molecule has 0 aliphatic heterocycles. The number of nitrogens with one attached hydrogen (secondary N) is 1. The van der Waals surface area contributed by atoms with E-state index < -0.39 is 0 Å². The van der Waals surface area contributed by atoms with Crippen molar-refractivity contribution < 1.29 is 0 Å². The van der Waals surface area contributed by atoms with Crippen molar-refractivity contribution in [1.82, 2.24) is 5.32 Å². The Hall–Kier alpha value is 0.01000. The maximum absolute atomic E-state index is 3.72. The van der Waals surface area contributed by atoms with Gasteiger partial charge in [-0.15, -0.1) is 11.8 Å². The third kappa shape index (κ3) is 6.33. The zero-order valence-corrected chi connectivity index (χ0v) is 14.7. The highest BCUT2D eigenvalue weighted by Gasteiger charge is 2.17. The molecule has 0 radical (unpaired) electrons. The lowest BCUT2D eigenvalue weighted by atomic mass is 9.95. The molecular weight excluding hydrogens is 318 g/mol. The second-order valence-electron chi connectivity index (χ2n) is 4.90. The Kier molecular flexibility index (Phi) is 8.84. The molecule has 0 bridgehead atoms. The van der Waals surface area contributed by atoms with Crippen LogP contribution in [0.5, 0.6) is 0 Å². The minimum Gasteiger partial charge on any atom is -0.313 e. The van der Waals surface area contributed by atoms with E-state index in [-0.39, 0.29) is 0 Å². The molecule has 0 heterocycles. The molecule has 1 nitrogen and oxygen atoms in total. The Morgan fingerprint density at radius 1 is 1.11 bits per heavy atom. The summed E-state index contributed by atoms with van der Waals surface area (Å²) in [6, 6.07) is 9.25. The summed E-state index contributed by atoms with van der Waals surface area (Å²) in [4.78, 5) is 1.36. The van der Waals surface area contributed by atoms with E-state index in [2.05, 4.69) is 66.3 Å². The van der Waals surface area contributed by atoms with Crippen LogP contribution in [0.3, 0.4) is 0 Å². The van der Waals surface area contributed by atoms with Gasteiger partial charge < -0.3 is 5.32 Å². The molecule has 0 fully saturated rings. The van der Waals surface area contributed by atoms with E-state index >= 15 is 0 Å². The Morgan fingerprint density at radius 3 is 2.26 bits per heavy atom. The van der Waals surface area contributed by atoms with Crippen LogP contribution in [0, 0.1) is 5.92 Å². The molecule has 19 heavy (non-hydrogen) atoms. The van der Waals surface area contributed by atoms with Crippen molar-refractivity contribution in [2.75, 3.05) is 12.3 Å². The lowest BCUT2D eigenvalue weighted by Crippen LogP contribution is -2.38. The van der Waals surface area contributed by atoms with Crippen LogP contribution in [-0.2, 0) is 0 Å². The molecule has 3 heteroatoms. The number of hydrogen-bond donors (Lipinski definition) is 1. The van der Waals surface area contributed by atoms with E-state index in [0.29, 0.717) is 6.04 Å². The summed E-state index contributed by atoms with van der Waals surface area (Å²) in [5.41, 5.74) is 0. The Labute approximate surface area is 131 Å². The summed E-state index contributed by atoms with van der Waals surface area (Å²) in [7, 11) is 0. The first-order valence-electron chi connectivity index (χ1n) is 7.32. The largest absolute Gasteiger partial charge is 0.313 e. The summed E-state index contributed by atoms with van der Waals surface area (Å²) >= 11 is 5.45. The average molecular weight is 344 g/mol. The molecule has 1 aromatic carbocycles. The van der Waals surface area contributed by atoms with Crippen molar-refractivity contribution in [3.63, 3.8) is 0 Å². The minimum atomic E-state index is 0.628. The Morgan fingerprint density at radius 2 is 1.74 bits per heavy atom. The monoisotopic (exact) mass is 343 g/mol. The van der Waals surface area contributed by atoms with Gasteiger partial charge in [0, 0.05) is 21.2 Å². The fourth-order valence-electron chi connectivity index (χ4n) is 2.27. The number of hydrogen-bond acceptors (Lipinski definition) is 2. The zero-order chi connectivity index (χ0) is 14.1. The van der Waals surface area contributed by atoms with E-state index in [4.69, 9.17) is 0 Å². The van der Waals surface area contributed by atoms with Gasteiger partial charge in [0.2, 0.25) is 0 Å². The van der Waals surface area contributed by atoms with Gasteiger partial charge >= 0.3 is 0 Å². The van der Waals surface area contributed by atoms with Gasteiger partial charge in [0.25, 0.3) is 0 Å². The van der Waals surface area contributed by atoms with Crippen LogP contribution < -0.4 is 5.32 Å². The van der Waals surface area contributed by atoms with Gasteiger partial charge in [-0.3, -0.25) is 0 Å². The van der Waals surface area contributed by atoms with Crippen molar-refractivity contribution in [2.45, 2.75) is 51.0 Å². The third-order valence-electron chi connectivity index (χ3n) is 3.52. The smallest absolute Gasteiger partial charge is 0.0189 e. The van der Waals surface area contributed by atoms with Gasteiger partial charge in [0.1, 0.15) is 0 Å². The predicted octanol–water partition coefficient (Wildman–Crippen LogP) is 5.35. The molecule has 108 valence electrons. The maximum atomic E-state index is 3.72. The molecule has 0 spiro atoms. The molecule has 0 saturated carbocycles. The van der Waals surface area contributed by atoms with Crippen LogP contribution in [-0.4, -0.2) is 18.3 Å². The molecule has 1 unspecified atom stereocenters. The number of rotatable bonds is 9. The van der Waals surface area contributed by atoms with Gasteiger partial charge in [0.15, 0.2) is 0 Å². The van der Waals surface area contributed by atoms with Crippen LogP contribution in [0.1, 0.15) is 40.0 Å². The predicted molar refractivity (Wildman–Crippen MR) is 91.0 cm³/mol. The first-order valence-corrected chi connectivity index (χ1v) is 9.10. The molecule has 0 aliphatic rings. The number of benzene rings is 1. The molecular formula is C16H26BrNS. The van der Waals surface area contributed by atoms with E-state index in [9.17, 15) is 0 Å². The second kappa shape index (κ2) is 9.84. The third-order valence-corrected chi connectivity index (χ3v) is 5.18. The fourth-order valence-corrected chi connectivity index (χ4v) is 3.62. The van der Waals surface area contributed by atoms with Crippen LogP contribution in [0.25, 0.3) is 0 Å². The summed E-state index contributed by atoms with van der Waals surface area (Å²) < 4.78 is 1.15. The normalized spacial score (nSPS) is 12.9. The lowest BCUT2D eigenvalue weighted by Gasteiger charge is -2.26. The van der Waals surface area contributed by atoms with Crippen LogP contribution in [0.4, 0.5) is 0 Å². The van der Waals surface area contributed by atoms with E-state index in [1.807, 2.05) is 11.8 Å². The highest BCUT2D eigenvalue weighted by atomic mass is 79.9. The number of thioether (sulfide) groups is 1. The lowest BCUT2D eigenvalue weighted by molar-refractivity contribution is 0.360. The molecule has 0 saturated heterocycles. The van der Waals surface area contributed by atoms with Crippen molar-refractivity contribution in [3.05, 3.63) is 28.7 Å². The first kappa shape index (κ1) is 17.1. The van der Waals surface area contributed by atoms with E-state index in [0.717, 1.165) is 22.7 Å². The molecule has 1 rings (SSSR count). The van der Waals surface area contributed by atoms with Gasteiger partial charge in [-0.2, -0.15) is 0 Å². The van der Waals surface area contributed by atoms with Crippen LogP contribution >= 0.6 is 27.7 Å². The SMILES string of the molecule is CCCNC(CSc1ccc(Br)cc1)C(CC)CC. The highest BCUT2D eigenvalue weighted by Crippen LogP contribution is 2.24. The molecule has 1 N–H and O–H groups in total. The van der Waals surface area contributed by atoms with Crippen molar-refractivity contribution in [3.8, 4) is 0 Å². The van der Waals surface area contributed by atoms with Crippen LogP contribution in [0.2, 0.25) is 0 Å². The summed E-state index contributed by atoms with van der Waals surface area (Å²) in [5, 5.41) is 3.72. The number of halogens is 1. The van der Waals surface area contributed by atoms with Gasteiger partial charge in [0.05, 0.1) is 0 Å². The Balaban J connectivity index is 2.53. The molecule has 1 atom stereocenters. The van der Waals surface area contributed by atoms with Gasteiger partial charge in [-0.25, -0.2) is 0 Å². The standard InChI is InChI=1S/C16H26BrNS/c1-4-11-18-16(13(5-2)6-3)12-19-15-9-7-14(17)8-10-15/h7-10,13,16,18H,4-6,11-12H2,1-3H3. The highest BCUT2D eigenvalue weighted by molar-refractivity contribution is 9.10. The van der Waals surface area contributed by atoms with Crippen molar-refractivity contribution in [2.24, 2.45) is 5.92 Å².